The van der Waals surface area contributed by atoms with Gasteiger partial charge in [-0.15, -0.1) is 0 Å². The number of rotatable bonds is 8. The molecule has 1 unspecified atom stereocenters. The summed E-state index contributed by atoms with van der Waals surface area (Å²) < 4.78 is 39.8. The second-order valence-corrected chi connectivity index (χ2v) is 14.7. The van der Waals surface area contributed by atoms with Crippen LogP contribution < -0.4 is 5.73 Å². The standard InChI is InChI=1S/C35H52N6O3.C2HF3O2/c1-3-4-10-28-25-40(24-27-8-6-5-7-9-27)34(43)44-35(28)17-21-38(22-18-35)29-15-19-39(20-16-29)33(42)31-23-37-41(32(31)36)30-13-11-26(2)12-14-30;3-2(4,5)1(6)7/h11-14,23,27-29H,3-10,15-22,24-25,36H2,1-2H3;(H,6,7). The first-order valence-electron chi connectivity index (χ1n) is 18.5. The predicted octanol–water partition coefficient (Wildman–Crippen LogP) is 6.67. The topological polar surface area (TPSA) is 134 Å². The Labute approximate surface area is 298 Å². The fourth-order valence-corrected chi connectivity index (χ4v) is 8.26. The van der Waals surface area contributed by atoms with E-state index < -0.39 is 12.1 Å². The van der Waals surface area contributed by atoms with Gasteiger partial charge in [-0.2, -0.15) is 18.3 Å². The zero-order valence-corrected chi connectivity index (χ0v) is 29.9. The average molecular weight is 719 g/mol. The monoisotopic (exact) mass is 718 g/mol. The first-order chi connectivity index (χ1) is 24.3. The van der Waals surface area contributed by atoms with Crippen LogP contribution in [0.4, 0.5) is 23.8 Å². The van der Waals surface area contributed by atoms with Crippen LogP contribution in [-0.4, -0.2) is 105 Å². The number of piperidine rings is 2. The lowest BCUT2D eigenvalue weighted by atomic mass is 9.75. The molecule has 6 rings (SSSR count). The summed E-state index contributed by atoms with van der Waals surface area (Å²) in [4.78, 5) is 42.2. The molecule has 3 N–H and O–H groups in total. The van der Waals surface area contributed by atoms with Crippen LogP contribution in [-0.2, 0) is 9.53 Å². The van der Waals surface area contributed by atoms with Crippen molar-refractivity contribution in [1.82, 2.24) is 24.5 Å². The van der Waals surface area contributed by atoms with Crippen molar-refractivity contribution in [2.24, 2.45) is 11.8 Å². The number of nitrogen functional groups attached to an aromatic ring is 1. The fraction of sp³-hybridized carbons (Fsp3) is 0.676. The first kappa shape index (κ1) is 38.4. The maximum absolute atomic E-state index is 13.4. The number of amides is 2. The Hall–Kier alpha value is -3.81. The second kappa shape index (κ2) is 16.7. The maximum atomic E-state index is 13.4. The smallest absolute Gasteiger partial charge is 0.475 e. The van der Waals surface area contributed by atoms with E-state index in [9.17, 15) is 22.8 Å². The third kappa shape index (κ3) is 9.36. The number of carboxylic acids is 1. The fourth-order valence-electron chi connectivity index (χ4n) is 8.26. The van der Waals surface area contributed by atoms with Crippen LogP contribution >= 0.6 is 0 Å². The number of nitrogens with two attached hydrogens (primary N) is 1. The third-order valence-corrected chi connectivity index (χ3v) is 11.3. The lowest BCUT2D eigenvalue weighted by Crippen LogP contribution is -2.61. The number of benzene rings is 1. The summed E-state index contributed by atoms with van der Waals surface area (Å²) in [6.07, 6.45) is 10.1. The van der Waals surface area contributed by atoms with Gasteiger partial charge < -0.3 is 25.4 Å². The number of hydrogen-bond acceptors (Lipinski definition) is 7. The van der Waals surface area contributed by atoms with Crippen LogP contribution in [0, 0.1) is 18.8 Å². The van der Waals surface area contributed by atoms with Gasteiger partial charge in [0.1, 0.15) is 17.0 Å². The number of carbonyl (C=O) groups excluding carboxylic acids is 2. The van der Waals surface area contributed by atoms with Crippen LogP contribution in [0.25, 0.3) is 5.69 Å². The van der Waals surface area contributed by atoms with Gasteiger partial charge in [0.2, 0.25) is 0 Å². The number of aliphatic carboxylic acids is 1. The summed E-state index contributed by atoms with van der Waals surface area (Å²) in [5.41, 5.74) is 8.57. The van der Waals surface area contributed by atoms with E-state index >= 15 is 0 Å². The number of anilines is 1. The largest absolute Gasteiger partial charge is 0.490 e. The van der Waals surface area contributed by atoms with Crippen LogP contribution in [0.2, 0.25) is 0 Å². The van der Waals surface area contributed by atoms with Gasteiger partial charge in [0.05, 0.1) is 11.9 Å². The number of alkyl halides is 3. The van der Waals surface area contributed by atoms with Crippen molar-refractivity contribution in [3.8, 4) is 5.69 Å². The number of unbranched alkanes of at least 4 members (excludes halogenated alkanes) is 1. The molecule has 1 spiro atoms. The van der Waals surface area contributed by atoms with Crippen molar-refractivity contribution in [1.29, 1.82) is 0 Å². The van der Waals surface area contributed by atoms with Gasteiger partial charge in [-0.1, -0.05) is 56.7 Å². The predicted molar refractivity (Wildman–Crippen MR) is 187 cm³/mol. The molecule has 0 radical (unpaired) electrons. The van der Waals surface area contributed by atoms with Crippen molar-refractivity contribution in [3.63, 3.8) is 0 Å². The number of likely N-dealkylation sites (tertiary alicyclic amines) is 2. The van der Waals surface area contributed by atoms with Crippen LogP contribution in [0.1, 0.15) is 99.9 Å². The van der Waals surface area contributed by atoms with Gasteiger partial charge >= 0.3 is 18.2 Å². The van der Waals surface area contributed by atoms with Crippen LogP contribution in [0.3, 0.4) is 0 Å². The zero-order valence-electron chi connectivity index (χ0n) is 29.9. The second-order valence-electron chi connectivity index (χ2n) is 14.7. The number of aromatic nitrogens is 2. The summed E-state index contributed by atoms with van der Waals surface area (Å²) in [5.74, 6) is -1.36. The molecular weight excluding hydrogens is 665 g/mol. The number of nitrogens with zero attached hydrogens (tertiary/aromatic N) is 5. The number of ether oxygens (including phenoxy) is 1. The highest BCUT2D eigenvalue weighted by atomic mass is 19.4. The summed E-state index contributed by atoms with van der Waals surface area (Å²) in [6, 6.07) is 8.41. The number of hydrogen-bond donors (Lipinski definition) is 2. The minimum absolute atomic E-state index is 0.0393. The van der Waals surface area contributed by atoms with E-state index in [0.29, 0.717) is 42.3 Å². The molecule has 2 aromatic rings. The molecule has 4 heterocycles. The highest BCUT2D eigenvalue weighted by Gasteiger charge is 2.50. The van der Waals surface area contributed by atoms with E-state index in [0.717, 1.165) is 69.5 Å². The van der Waals surface area contributed by atoms with E-state index in [1.165, 1.54) is 44.9 Å². The van der Waals surface area contributed by atoms with E-state index in [1.54, 1.807) is 10.9 Å². The molecule has 11 nitrogen and oxygen atoms in total. The molecule has 3 saturated heterocycles. The van der Waals surface area contributed by atoms with E-state index in [2.05, 4.69) is 21.8 Å². The molecule has 14 heteroatoms. The summed E-state index contributed by atoms with van der Waals surface area (Å²) >= 11 is 0. The van der Waals surface area contributed by atoms with E-state index in [1.807, 2.05) is 36.1 Å². The number of aryl methyl sites for hydroxylation is 1. The molecule has 282 valence electrons. The molecule has 2 amide bonds. The molecule has 4 fully saturated rings. The normalized spacial score (nSPS) is 22.0. The van der Waals surface area contributed by atoms with Gasteiger partial charge in [-0.05, 0) is 57.1 Å². The van der Waals surface area contributed by atoms with Crippen molar-refractivity contribution in [2.45, 2.75) is 109 Å². The summed E-state index contributed by atoms with van der Waals surface area (Å²) in [6.45, 7) is 9.36. The third-order valence-electron chi connectivity index (χ3n) is 11.3. The Morgan fingerprint density at radius 2 is 1.65 bits per heavy atom. The van der Waals surface area contributed by atoms with Crippen LogP contribution in [0.5, 0.6) is 0 Å². The quantitative estimate of drug-likeness (QED) is 0.309. The maximum Gasteiger partial charge on any atom is 0.490 e. The van der Waals surface area contributed by atoms with Crippen molar-refractivity contribution in [3.05, 3.63) is 41.6 Å². The molecule has 4 aliphatic rings. The molecule has 1 atom stereocenters. The van der Waals surface area contributed by atoms with E-state index in [-0.39, 0.29) is 17.6 Å². The molecular formula is C37H53F3N6O5. The Kier molecular flexibility index (Phi) is 12.6. The van der Waals surface area contributed by atoms with Crippen LogP contribution in [0.15, 0.2) is 30.5 Å². The molecule has 0 bridgehead atoms. The first-order valence-corrected chi connectivity index (χ1v) is 18.5. The van der Waals surface area contributed by atoms with Gasteiger partial charge in [0, 0.05) is 64.1 Å². The minimum atomic E-state index is -5.08. The zero-order chi connectivity index (χ0) is 36.8. The molecule has 1 aliphatic carbocycles. The molecule has 51 heavy (non-hydrogen) atoms. The number of halogens is 3. The Morgan fingerprint density at radius 3 is 2.24 bits per heavy atom. The Morgan fingerprint density at radius 1 is 1.02 bits per heavy atom. The SMILES string of the molecule is CCCCC1CN(CC2CCCCC2)C(=O)OC12CCN(C1CCN(C(=O)c3cnn(-c4ccc(C)cc4)c3N)CC1)CC2.O=C(O)C(F)(F)F. The lowest BCUT2D eigenvalue weighted by molar-refractivity contribution is -0.192. The van der Waals surface area contributed by atoms with Gasteiger partial charge in [-0.3, -0.25) is 9.69 Å². The number of carbonyl (C=O) groups is 3. The van der Waals surface area contributed by atoms with Gasteiger partial charge in [0.25, 0.3) is 5.91 Å². The highest BCUT2D eigenvalue weighted by Crippen LogP contribution is 2.42. The van der Waals surface area contributed by atoms with Crippen molar-refractivity contribution in [2.75, 3.05) is 45.0 Å². The van der Waals surface area contributed by atoms with Crippen molar-refractivity contribution >= 4 is 23.8 Å². The summed E-state index contributed by atoms with van der Waals surface area (Å²) in [5, 5.41) is 11.5. The Balaban J connectivity index is 0.000000654. The molecule has 1 aromatic carbocycles. The highest BCUT2D eigenvalue weighted by molar-refractivity contribution is 5.98. The Bertz CT molecular complexity index is 1480. The minimum Gasteiger partial charge on any atom is -0.475 e. The summed E-state index contributed by atoms with van der Waals surface area (Å²) in [7, 11) is 0. The molecule has 1 saturated carbocycles. The van der Waals surface area contributed by atoms with Gasteiger partial charge in [-0.25, -0.2) is 14.3 Å². The molecule has 1 aromatic heterocycles. The molecule has 3 aliphatic heterocycles. The van der Waals surface area contributed by atoms with E-state index in [4.69, 9.17) is 20.4 Å². The number of carboxylic acid groups (broad SMARTS) is 1. The van der Waals surface area contributed by atoms with Crippen molar-refractivity contribution < 1.29 is 37.4 Å². The van der Waals surface area contributed by atoms with Gasteiger partial charge in [0.15, 0.2) is 0 Å². The average Bonchev–Trinajstić information content (AvgIpc) is 3.50. The lowest BCUT2D eigenvalue weighted by Gasteiger charge is -2.52.